The van der Waals surface area contributed by atoms with Crippen LogP contribution in [-0.4, -0.2) is 36.9 Å². The molecule has 1 unspecified atom stereocenters. The van der Waals surface area contributed by atoms with Gasteiger partial charge in [0.2, 0.25) is 0 Å². The van der Waals surface area contributed by atoms with Crippen LogP contribution in [0.4, 0.5) is 0 Å². The number of benzene rings is 1. The molecule has 2 nitrogen and oxygen atoms in total. The van der Waals surface area contributed by atoms with Gasteiger partial charge in [-0.05, 0) is 25.7 Å². The Kier molecular flexibility index (Phi) is 17.8. The van der Waals surface area contributed by atoms with Gasteiger partial charge >= 0.3 is 0 Å². The number of carbonyl (C=O) groups is 1. The van der Waals surface area contributed by atoms with Crippen molar-refractivity contribution in [2.24, 2.45) is 0 Å². The van der Waals surface area contributed by atoms with Crippen molar-refractivity contribution in [1.82, 2.24) is 0 Å². The highest BCUT2D eigenvalue weighted by Crippen LogP contribution is 1.98. The summed E-state index contributed by atoms with van der Waals surface area (Å²) in [5.74, 6) is 0. The van der Waals surface area contributed by atoms with Gasteiger partial charge in [-0.3, -0.25) is 0 Å². The summed E-state index contributed by atoms with van der Waals surface area (Å²) in [5, 5.41) is 1.84. The van der Waals surface area contributed by atoms with Crippen molar-refractivity contribution < 1.29 is 9.53 Å². The summed E-state index contributed by atoms with van der Waals surface area (Å²) in [5.41, 5.74) is 1.10. The molecule has 0 saturated carbocycles. The largest absolute Gasteiger partial charge is 0.385 e. The molecule has 0 aromatic heterocycles. The third kappa shape index (κ3) is 15.3. The summed E-state index contributed by atoms with van der Waals surface area (Å²) < 4.78 is 4.54. The summed E-state index contributed by atoms with van der Waals surface area (Å²) in [7, 11) is 1.68. The second-order valence-corrected chi connectivity index (χ2v) is 4.63. The Morgan fingerprint density at radius 2 is 1.89 bits per heavy atom. The minimum absolute atomic E-state index is 0.171. The highest BCUT2D eigenvalue weighted by molar-refractivity contribution is 7.99. The van der Waals surface area contributed by atoms with Crippen molar-refractivity contribution in [3.63, 3.8) is 0 Å². The summed E-state index contributed by atoms with van der Waals surface area (Å²) in [6, 6.07) is 9.87. The Labute approximate surface area is 120 Å². The molecule has 0 N–H and O–H groups in total. The monoisotopic (exact) mass is 286 g/mol. The zero-order valence-corrected chi connectivity index (χ0v) is 13.1. The first-order valence-corrected chi connectivity index (χ1v) is 7.39. The van der Waals surface area contributed by atoms with Gasteiger partial charge in [0.05, 0.1) is 5.25 Å². The van der Waals surface area contributed by atoms with Crippen LogP contribution in [0.3, 0.4) is 0 Å². The van der Waals surface area contributed by atoms with E-state index in [0.717, 1.165) is 18.5 Å². The number of hydrogen-bond donors (Lipinski definition) is 0. The van der Waals surface area contributed by atoms with Gasteiger partial charge in [-0.1, -0.05) is 42.5 Å². The van der Waals surface area contributed by atoms with Crippen LogP contribution in [0, 0.1) is 0 Å². The molecule has 0 aliphatic carbocycles. The molecule has 0 aliphatic rings. The lowest BCUT2D eigenvalue weighted by Crippen LogP contribution is -1.92. The smallest absolute Gasteiger partial charge is 0.132 e. The number of ether oxygens (including phenoxy) is 1. The third-order valence-electron chi connectivity index (χ3n) is 1.79. The molecule has 0 radical (unpaired) electrons. The van der Waals surface area contributed by atoms with Gasteiger partial charge in [0.15, 0.2) is 0 Å². The minimum Gasteiger partial charge on any atom is -0.385 e. The van der Waals surface area contributed by atoms with Crippen LogP contribution < -0.4 is 0 Å². The molecule has 1 rings (SSSR count). The first-order valence-electron chi connectivity index (χ1n) is 5.63. The maximum atomic E-state index is 9.72. The van der Waals surface area contributed by atoms with Crippen molar-refractivity contribution >= 4 is 35.6 Å². The van der Waals surface area contributed by atoms with E-state index in [4.69, 9.17) is 12.2 Å². The van der Waals surface area contributed by atoms with Gasteiger partial charge in [0.1, 0.15) is 6.29 Å². The van der Waals surface area contributed by atoms with E-state index in [0.29, 0.717) is 0 Å². The second kappa shape index (κ2) is 16.3. The highest BCUT2D eigenvalue weighted by Gasteiger charge is 1.89. The molecular weight excluding hydrogens is 264 g/mol. The van der Waals surface area contributed by atoms with E-state index in [9.17, 15) is 4.79 Å². The maximum Gasteiger partial charge on any atom is 0.132 e. The number of rotatable bonds is 4. The van der Waals surface area contributed by atoms with Crippen molar-refractivity contribution in [3.05, 3.63) is 35.9 Å². The molecule has 1 atom stereocenters. The van der Waals surface area contributed by atoms with E-state index in [1.54, 1.807) is 24.2 Å². The lowest BCUT2D eigenvalue weighted by atomic mass is 10.2. The fraction of sp³-hybridized carbons (Fsp3) is 0.429. The van der Waals surface area contributed by atoms with Gasteiger partial charge in [-0.15, -0.1) is 0 Å². The molecule has 0 aliphatic heterocycles. The van der Waals surface area contributed by atoms with E-state index in [2.05, 4.69) is 4.74 Å². The lowest BCUT2D eigenvalue weighted by molar-refractivity contribution is -0.107. The fourth-order valence-corrected chi connectivity index (χ4v) is 0.855. The van der Waals surface area contributed by atoms with E-state index < -0.39 is 0 Å². The summed E-state index contributed by atoms with van der Waals surface area (Å²) in [6.07, 6.45) is 2.85. The molecule has 4 heteroatoms. The number of thioether (sulfide) groups is 1. The Morgan fingerprint density at radius 3 is 2.06 bits per heavy atom. The summed E-state index contributed by atoms with van der Waals surface area (Å²) >= 11 is 6.25. The van der Waals surface area contributed by atoms with Crippen molar-refractivity contribution in [2.45, 2.75) is 19.1 Å². The van der Waals surface area contributed by atoms with Crippen molar-refractivity contribution in [2.75, 3.05) is 20.0 Å². The van der Waals surface area contributed by atoms with E-state index in [1.165, 1.54) is 0 Å². The second-order valence-electron chi connectivity index (χ2n) is 3.18. The van der Waals surface area contributed by atoms with E-state index in [-0.39, 0.29) is 5.25 Å². The number of hydrogen-bond acceptors (Lipinski definition) is 4. The summed E-state index contributed by atoms with van der Waals surface area (Å²) in [6.45, 7) is 4.65. The average molecular weight is 286 g/mol. The van der Waals surface area contributed by atoms with Crippen LogP contribution in [0.5, 0.6) is 0 Å². The van der Waals surface area contributed by atoms with Gasteiger partial charge in [0.25, 0.3) is 0 Å². The van der Waals surface area contributed by atoms with Gasteiger partial charge in [-0.25, -0.2) is 0 Å². The van der Waals surface area contributed by atoms with Gasteiger partial charge in [-0.2, -0.15) is 11.8 Å². The predicted octanol–water partition coefficient (Wildman–Crippen LogP) is 3.62. The Morgan fingerprint density at radius 1 is 1.39 bits per heavy atom. The lowest BCUT2D eigenvalue weighted by Gasteiger charge is -1.89. The van der Waals surface area contributed by atoms with Crippen LogP contribution in [0.25, 0.3) is 0 Å². The standard InChI is InChI=1S/C7H6S.C4H8OS.C3H8O/c8-6-7-4-2-1-3-5-7;1-4(3-5)6-2;1-3-4-2/h1-6H;3-4H,1-2H3;3H2,1-2H3. The van der Waals surface area contributed by atoms with E-state index in [1.807, 2.05) is 50.4 Å². The molecule has 0 bridgehead atoms. The molecule has 1 aromatic rings. The molecule has 0 spiro atoms. The zero-order valence-electron chi connectivity index (χ0n) is 11.5. The molecule has 102 valence electrons. The van der Waals surface area contributed by atoms with Crippen LogP contribution in [0.2, 0.25) is 0 Å². The number of aldehydes is 1. The normalized spacial score (nSPS) is 10.0. The predicted molar refractivity (Wildman–Crippen MR) is 85.8 cm³/mol. The first kappa shape index (κ1) is 19.6. The Bertz CT molecular complexity index is 287. The first-order chi connectivity index (χ1) is 8.65. The molecule has 0 heterocycles. The van der Waals surface area contributed by atoms with Crippen molar-refractivity contribution in [3.8, 4) is 0 Å². The number of methoxy groups -OCH3 is 1. The number of carbonyl (C=O) groups excluding carboxylic acids is 1. The highest BCUT2D eigenvalue weighted by atomic mass is 32.2. The maximum absolute atomic E-state index is 9.72. The third-order valence-corrected chi connectivity index (χ3v) is 2.91. The van der Waals surface area contributed by atoms with Gasteiger partial charge in [0, 0.05) is 19.1 Å². The van der Waals surface area contributed by atoms with E-state index >= 15 is 0 Å². The van der Waals surface area contributed by atoms with Crippen LogP contribution in [-0.2, 0) is 9.53 Å². The zero-order chi connectivity index (χ0) is 14.2. The van der Waals surface area contributed by atoms with Crippen LogP contribution in [0.1, 0.15) is 19.4 Å². The Balaban J connectivity index is 0. The molecule has 18 heavy (non-hydrogen) atoms. The molecule has 0 saturated heterocycles. The Hall–Kier alpha value is -0.710. The topological polar surface area (TPSA) is 26.3 Å². The van der Waals surface area contributed by atoms with Gasteiger partial charge < -0.3 is 9.53 Å². The number of thiocarbonyl (C=S) groups is 1. The minimum atomic E-state index is 0.171. The van der Waals surface area contributed by atoms with Crippen LogP contribution in [0.15, 0.2) is 30.3 Å². The molecular formula is C14H22O2S2. The van der Waals surface area contributed by atoms with Crippen molar-refractivity contribution in [1.29, 1.82) is 0 Å². The molecule has 0 amide bonds. The SMILES string of the molecule is CCOC.CSC(C)C=O.S=Cc1ccccc1. The quantitative estimate of drug-likeness (QED) is 0.624. The summed E-state index contributed by atoms with van der Waals surface area (Å²) in [4.78, 5) is 9.72. The fourth-order valence-electron chi connectivity index (χ4n) is 0.587. The molecule has 1 aromatic carbocycles. The average Bonchev–Trinajstić information content (AvgIpc) is 2.48. The van der Waals surface area contributed by atoms with Crippen LogP contribution >= 0.6 is 24.0 Å². The molecule has 0 fully saturated rings.